The number of rotatable bonds is 6. The third-order valence-electron chi connectivity index (χ3n) is 4.07. The lowest BCUT2D eigenvalue weighted by Crippen LogP contribution is -2.27. The Bertz CT molecular complexity index is 1020. The van der Waals surface area contributed by atoms with E-state index in [1.54, 1.807) is 26.0 Å². The lowest BCUT2D eigenvalue weighted by Gasteiger charge is -2.15. The second-order valence-corrected chi connectivity index (χ2v) is 7.48. The van der Waals surface area contributed by atoms with Crippen LogP contribution in [0.1, 0.15) is 31.0 Å². The zero-order chi connectivity index (χ0) is 19.5. The molecule has 0 spiro atoms. The maximum absolute atomic E-state index is 12.8. The van der Waals surface area contributed by atoms with Gasteiger partial charge in [0.2, 0.25) is 0 Å². The third-order valence-corrected chi connectivity index (χ3v) is 5.58. The van der Waals surface area contributed by atoms with E-state index in [1.165, 1.54) is 30.0 Å². The predicted molar refractivity (Wildman–Crippen MR) is 98.9 cm³/mol. The Morgan fingerprint density at radius 2 is 2.08 bits per heavy atom. The minimum absolute atomic E-state index is 0.0817. The molecule has 2 aromatic rings. The molecular weight excluding hydrogens is 354 g/mol. The van der Waals surface area contributed by atoms with Crippen molar-refractivity contribution in [2.45, 2.75) is 38.1 Å². The highest BCUT2D eigenvalue weighted by Crippen LogP contribution is 2.27. The summed E-state index contributed by atoms with van der Waals surface area (Å²) in [7, 11) is -2.44. The number of hydrogen-bond acceptors (Lipinski definition) is 5. The number of aryl methyl sites for hydroxylation is 2. The molecule has 8 heteroatoms. The van der Waals surface area contributed by atoms with E-state index in [0.29, 0.717) is 17.7 Å². The molecule has 1 aromatic heterocycles. The van der Waals surface area contributed by atoms with Crippen LogP contribution in [0.25, 0.3) is 0 Å². The first kappa shape index (κ1) is 19.5. The fourth-order valence-corrected chi connectivity index (χ4v) is 3.95. The summed E-state index contributed by atoms with van der Waals surface area (Å²) in [5.41, 5.74) is 0.574. The second-order valence-electron chi connectivity index (χ2n) is 5.83. The van der Waals surface area contributed by atoms with E-state index >= 15 is 0 Å². The van der Waals surface area contributed by atoms with Crippen molar-refractivity contribution in [3.05, 3.63) is 51.9 Å². The molecule has 1 heterocycles. The van der Waals surface area contributed by atoms with Gasteiger partial charge in [-0.15, -0.1) is 0 Å². The largest absolute Gasteiger partial charge is 0.496 e. The summed E-state index contributed by atoms with van der Waals surface area (Å²) in [5, 5.41) is 9.00. The highest BCUT2D eigenvalue weighted by molar-refractivity contribution is 7.92. The van der Waals surface area contributed by atoms with Crippen LogP contribution in [0.3, 0.4) is 0 Å². The van der Waals surface area contributed by atoms with E-state index in [9.17, 15) is 13.2 Å². The minimum Gasteiger partial charge on any atom is -0.496 e. The van der Waals surface area contributed by atoms with Crippen LogP contribution in [-0.4, -0.2) is 20.1 Å². The van der Waals surface area contributed by atoms with Gasteiger partial charge in [-0.2, -0.15) is 5.26 Å². The van der Waals surface area contributed by atoms with Crippen LogP contribution >= 0.6 is 0 Å². The van der Waals surface area contributed by atoms with Gasteiger partial charge in [0.25, 0.3) is 15.6 Å². The van der Waals surface area contributed by atoms with E-state index < -0.39 is 21.6 Å². The smallest absolute Gasteiger partial charge is 0.275 e. The summed E-state index contributed by atoms with van der Waals surface area (Å²) < 4.78 is 34.5. The highest BCUT2D eigenvalue weighted by Gasteiger charge is 2.21. The molecule has 138 valence electrons. The molecule has 2 rings (SSSR count). The lowest BCUT2D eigenvalue weighted by atomic mass is 10.1. The van der Waals surface area contributed by atoms with E-state index in [4.69, 9.17) is 10.00 Å². The van der Waals surface area contributed by atoms with Crippen molar-refractivity contribution in [1.82, 2.24) is 4.57 Å². The number of anilines is 1. The topological polar surface area (TPSA) is 101 Å². The molecule has 0 saturated carbocycles. The number of hydrogen-bond donors (Lipinski definition) is 1. The molecule has 1 unspecified atom stereocenters. The average molecular weight is 375 g/mol. The fraction of sp³-hybridized carbons (Fsp3) is 0.333. The molecule has 1 N–H and O–H groups in total. The van der Waals surface area contributed by atoms with Crippen LogP contribution in [0.15, 0.2) is 40.2 Å². The van der Waals surface area contributed by atoms with Gasteiger partial charge in [-0.25, -0.2) is 8.42 Å². The number of nitrogens with one attached hydrogen (secondary N) is 1. The minimum atomic E-state index is -3.98. The Kier molecular flexibility index (Phi) is 5.73. The standard InChI is InChI=1S/C18H21N3O4S/c1-5-14-10-17(12(2)9-16(14)25-4)26(23,24)20-15-7-6-8-21(18(15)22)13(3)11-19/h6-10,13,20H,5H2,1-4H3. The number of nitrogens with zero attached hydrogens (tertiary/aromatic N) is 2. The van der Waals surface area contributed by atoms with Gasteiger partial charge in [0.15, 0.2) is 0 Å². The van der Waals surface area contributed by atoms with Crippen molar-refractivity contribution in [1.29, 1.82) is 5.26 Å². The number of nitriles is 1. The van der Waals surface area contributed by atoms with Crippen LogP contribution in [0, 0.1) is 18.3 Å². The van der Waals surface area contributed by atoms with Crippen LogP contribution in [0.5, 0.6) is 5.75 Å². The normalized spacial score (nSPS) is 12.3. The molecule has 0 radical (unpaired) electrons. The van der Waals surface area contributed by atoms with Gasteiger partial charge in [0.1, 0.15) is 17.5 Å². The fourth-order valence-electron chi connectivity index (χ4n) is 2.61. The average Bonchev–Trinajstić information content (AvgIpc) is 2.62. The van der Waals surface area contributed by atoms with Gasteiger partial charge in [-0.05, 0) is 55.7 Å². The Morgan fingerprint density at radius 3 is 2.65 bits per heavy atom. The van der Waals surface area contributed by atoms with Crippen LogP contribution < -0.4 is 15.0 Å². The summed E-state index contributed by atoms with van der Waals surface area (Å²) in [6, 6.07) is 7.35. The molecule has 7 nitrogen and oxygen atoms in total. The maximum Gasteiger partial charge on any atom is 0.275 e. The van der Waals surface area contributed by atoms with Crippen LogP contribution in [0.2, 0.25) is 0 Å². The number of methoxy groups -OCH3 is 1. The van der Waals surface area contributed by atoms with Gasteiger partial charge >= 0.3 is 0 Å². The SMILES string of the molecule is CCc1cc(S(=O)(=O)Nc2cccn(C(C)C#N)c2=O)c(C)cc1OC. The number of benzene rings is 1. The number of pyridine rings is 1. The predicted octanol–water partition coefficient (Wildman–Crippen LogP) is 2.61. The van der Waals surface area contributed by atoms with Crippen molar-refractivity contribution >= 4 is 15.7 Å². The Morgan fingerprint density at radius 1 is 1.38 bits per heavy atom. The first-order valence-corrected chi connectivity index (χ1v) is 9.54. The quantitative estimate of drug-likeness (QED) is 0.836. The summed E-state index contributed by atoms with van der Waals surface area (Å²) >= 11 is 0. The van der Waals surface area contributed by atoms with E-state index in [1.807, 2.05) is 13.0 Å². The summed E-state index contributed by atoms with van der Waals surface area (Å²) in [5.74, 6) is 0.619. The Hall–Kier alpha value is -2.79. The lowest BCUT2D eigenvalue weighted by molar-refractivity contribution is 0.409. The monoisotopic (exact) mass is 375 g/mol. The van der Waals surface area contributed by atoms with E-state index in [2.05, 4.69) is 4.72 Å². The Balaban J connectivity index is 2.51. The van der Waals surface area contributed by atoms with E-state index in [0.717, 1.165) is 5.56 Å². The van der Waals surface area contributed by atoms with Crippen molar-refractivity contribution in [3.8, 4) is 11.8 Å². The zero-order valence-electron chi connectivity index (χ0n) is 15.1. The van der Waals surface area contributed by atoms with E-state index in [-0.39, 0.29) is 10.6 Å². The van der Waals surface area contributed by atoms with Gasteiger partial charge in [-0.1, -0.05) is 6.92 Å². The van der Waals surface area contributed by atoms with Crippen LogP contribution in [0.4, 0.5) is 5.69 Å². The molecular formula is C18H21N3O4S. The molecule has 1 atom stereocenters. The van der Waals surface area contributed by atoms with Crippen molar-refractivity contribution in [3.63, 3.8) is 0 Å². The number of aromatic nitrogens is 1. The molecule has 0 saturated heterocycles. The van der Waals surface area contributed by atoms with Crippen molar-refractivity contribution in [2.24, 2.45) is 0 Å². The second kappa shape index (κ2) is 7.62. The van der Waals surface area contributed by atoms with Gasteiger partial charge in [-0.3, -0.25) is 14.1 Å². The summed E-state index contributed by atoms with van der Waals surface area (Å²) in [6.07, 6.45) is 2.05. The number of ether oxygens (including phenoxy) is 1. The molecule has 0 aliphatic carbocycles. The molecule has 0 amide bonds. The first-order chi connectivity index (χ1) is 12.2. The molecule has 0 fully saturated rings. The third kappa shape index (κ3) is 3.73. The Labute approximate surface area is 152 Å². The maximum atomic E-state index is 12.8. The molecule has 0 aliphatic rings. The summed E-state index contributed by atoms with van der Waals surface area (Å²) in [6.45, 7) is 5.12. The van der Waals surface area contributed by atoms with Gasteiger partial charge < -0.3 is 4.74 Å². The molecule has 1 aromatic carbocycles. The summed E-state index contributed by atoms with van der Waals surface area (Å²) in [4.78, 5) is 12.5. The van der Waals surface area contributed by atoms with Crippen molar-refractivity contribution < 1.29 is 13.2 Å². The zero-order valence-corrected chi connectivity index (χ0v) is 15.9. The van der Waals surface area contributed by atoms with Gasteiger partial charge in [0.05, 0.1) is 18.1 Å². The number of sulfonamides is 1. The van der Waals surface area contributed by atoms with Crippen molar-refractivity contribution in [2.75, 3.05) is 11.8 Å². The van der Waals surface area contributed by atoms with Gasteiger partial charge in [0, 0.05) is 6.20 Å². The highest BCUT2D eigenvalue weighted by atomic mass is 32.2. The van der Waals surface area contributed by atoms with Crippen LogP contribution in [-0.2, 0) is 16.4 Å². The molecule has 0 aliphatic heterocycles. The molecule has 26 heavy (non-hydrogen) atoms. The first-order valence-electron chi connectivity index (χ1n) is 8.06. The molecule has 0 bridgehead atoms.